The van der Waals surface area contributed by atoms with Gasteiger partial charge in [0.1, 0.15) is 17.2 Å². The Hall–Kier alpha value is -0.970. The summed E-state index contributed by atoms with van der Waals surface area (Å²) in [5.74, 6) is -2.09. The lowest BCUT2D eigenvalue weighted by Gasteiger charge is -2.13. The molecule has 100 valence electrons. The van der Waals surface area contributed by atoms with Gasteiger partial charge in [-0.3, -0.25) is 4.79 Å². The number of amides is 1. The van der Waals surface area contributed by atoms with Crippen LogP contribution in [0.2, 0.25) is 0 Å². The van der Waals surface area contributed by atoms with Gasteiger partial charge in [-0.25, -0.2) is 8.78 Å². The van der Waals surface area contributed by atoms with Gasteiger partial charge in [0.25, 0.3) is 5.91 Å². The van der Waals surface area contributed by atoms with E-state index in [-0.39, 0.29) is 4.47 Å². The van der Waals surface area contributed by atoms with Crippen molar-refractivity contribution in [2.45, 2.75) is 26.7 Å². The monoisotopic (exact) mass is 319 g/mol. The predicted octanol–water partition coefficient (Wildman–Crippen LogP) is 3.89. The van der Waals surface area contributed by atoms with Crippen molar-refractivity contribution in [2.75, 3.05) is 6.54 Å². The van der Waals surface area contributed by atoms with Crippen LogP contribution in [0.15, 0.2) is 16.6 Å². The average Bonchev–Trinajstić information content (AvgIpc) is 2.28. The van der Waals surface area contributed by atoms with Crippen molar-refractivity contribution in [1.82, 2.24) is 5.32 Å². The van der Waals surface area contributed by atoms with Crippen LogP contribution in [-0.4, -0.2) is 12.5 Å². The van der Waals surface area contributed by atoms with E-state index in [4.69, 9.17) is 0 Å². The van der Waals surface area contributed by atoms with Crippen LogP contribution in [0, 0.1) is 17.6 Å². The van der Waals surface area contributed by atoms with Crippen LogP contribution in [0.25, 0.3) is 0 Å². The molecule has 0 aromatic heterocycles. The van der Waals surface area contributed by atoms with E-state index in [1.165, 1.54) is 0 Å². The third-order valence-electron chi connectivity index (χ3n) is 2.94. The van der Waals surface area contributed by atoms with E-state index in [1.54, 1.807) is 0 Å². The smallest absolute Gasteiger partial charge is 0.257 e. The highest BCUT2D eigenvalue weighted by Crippen LogP contribution is 2.19. The SMILES string of the molecule is CCC(CC)CNC(=O)c1c(F)cc(Br)cc1F. The van der Waals surface area contributed by atoms with Gasteiger partial charge in [0, 0.05) is 11.0 Å². The Balaban J connectivity index is 2.79. The molecule has 0 bridgehead atoms. The average molecular weight is 320 g/mol. The van der Waals surface area contributed by atoms with Crippen LogP contribution in [0.4, 0.5) is 8.78 Å². The first-order valence-corrected chi connectivity index (χ1v) is 6.71. The summed E-state index contributed by atoms with van der Waals surface area (Å²) in [5, 5.41) is 2.57. The molecule has 0 fully saturated rings. The number of carbonyl (C=O) groups is 1. The molecule has 0 radical (unpaired) electrons. The summed E-state index contributed by atoms with van der Waals surface area (Å²) in [7, 11) is 0. The maximum absolute atomic E-state index is 13.5. The molecule has 0 aliphatic rings. The number of rotatable bonds is 5. The first kappa shape index (κ1) is 15.1. The number of nitrogens with one attached hydrogen (secondary N) is 1. The van der Waals surface area contributed by atoms with Gasteiger partial charge in [-0.1, -0.05) is 42.6 Å². The molecule has 1 amide bonds. The molecule has 1 rings (SSSR count). The van der Waals surface area contributed by atoms with Gasteiger partial charge in [-0.2, -0.15) is 0 Å². The summed E-state index contributed by atoms with van der Waals surface area (Å²) in [6.45, 7) is 4.46. The molecule has 0 spiro atoms. The van der Waals surface area contributed by atoms with Crippen LogP contribution in [0.3, 0.4) is 0 Å². The molecule has 0 aliphatic carbocycles. The second-order valence-corrected chi connectivity index (χ2v) is 5.05. The largest absolute Gasteiger partial charge is 0.352 e. The first-order chi connectivity index (χ1) is 8.49. The quantitative estimate of drug-likeness (QED) is 0.876. The summed E-state index contributed by atoms with van der Waals surface area (Å²) >= 11 is 2.97. The molecule has 0 aliphatic heterocycles. The second-order valence-electron chi connectivity index (χ2n) is 4.14. The van der Waals surface area contributed by atoms with E-state index in [9.17, 15) is 13.6 Å². The van der Waals surface area contributed by atoms with Crippen LogP contribution in [0.1, 0.15) is 37.0 Å². The summed E-state index contributed by atoms with van der Waals surface area (Å²) in [5.41, 5.74) is -0.524. The molecule has 0 saturated carbocycles. The highest BCUT2D eigenvalue weighted by molar-refractivity contribution is 9.10. The highest BCUT2D eigenvalue weighted by atomic mass is 79.9. The van der Waals surface area contributed by atoms with Crippen molar-refractivity contribution in [2.24, 2.45) is 5.92 Å². The van der Waals surface area contributed by atoms with Crippen molar-refractivity contribution in [3.8, 4) is 0 Å². The zero-order chi connectivity index (χ0) is 13.7. The fourth-order valence-electron chi connectivity index (χ4n) is 1.66. The van der Waals surface area contributed by atoms with Gasteiger partial charge in [-0.15, -0.1) is 0 Å². The standard InChI is InChI=1S/C13H16BrF2NO/c1-3-8(4-2)7-17-13(18)12-10(15)5-9(14)6-11(12)16/h5-6,8H,3-4,7H2,1-2H3,(H,17,18). The molecule has 18 heavy (non-hydrogen) atoms. The van der Waals surface area contributed by atoms with Gasteiger partial charge < -0.3 is 5.32 Å². The highest BCUT2D eigenvalue weighted by Gasteiger charge is 2.18. The molecular weight excluding hydrogens is 304 g/mol. The molecular formula is C13H16BrF2NO. The van der Waals surface area contributed by atoms with Crippen LogP contribution in [-0.2, 0) is 0 Å². The molecule has 0 saturated heterocycles. The lowest BCUT2D eigenvalue weighted by Crippen LogP contribution is -2.30. The minimum absolute atomic E-state index is 0.272. The molecule has 2 nitrogen and oxygen atoms in total. The molecule has 1 N–H and O–H groups in total. The van der Waals surface area contributed by atoms with Crippen molar-refractivity contribution in [3.63, 3.8) is 0 Å². The van der Waals surface area contributed by atoms with Crippen LogP contribution < -0.4 is 5.32 Å². The Morgan fingerprint density at radius 1 is 1.28 bits per heavy atom. The van der Waals surface area contributed by atoms with E-state index in [1.807, 2.05) is 13.8 Å². The summed E-state index contributed by atoms with van der Waals surface area (Å²) < 4.78 is 27.3. The first-order valence-electron chi connectivity index (χ1n) is 5.92. The number of hydrogen-bond acceptors (Lipinski definition) is 1. The zero-order valence-electron chi connectivity index (χ0n) is 10.4. The second kappa shape index (κ2) is 6.83. The van der Waals surface area contributed by atoms with Crippen molar-refractivity contribution in [1.29, 1.82) is 0 Å². The minimum Gasteiger partial charge on any atom is -0.352 e. The Bertz CT molecular complexity index is 410. The van der Waals surface area contributed by atoms with E-state index in [0.717, 1.165) is 25.0 Å². The van der Waals surface area contributed by atoms with Crippen LogP contribution >= 0.6 is 15.9 Å². The van der Waals surface area contributed by atoms with Gasteiger partial charge in [0.15, 0.2) is 0 Å². The third kappa shape index (κ3) is 3.77. The summed E-state index contributed by atoms with van der Waals surface area (Å²) in [6.07, 6.45) is 1.84. The van der Waals surface area contributed by atoms with Gasteiger partial charge >= 0.3 is 0 Å². The Morgan fingerprint density at radius 2 is 1.78 bits per heavy atom. The van der Waals surface area contributed by atoms with Crippen molar-refractivity contribution in [3.05, 3.63) is 33.8 Å². The Morgan fingerprint density at radius 3 is 2.22 bits per heavy atom. The van der Waals surface area contributed by atoms with E-state index in [0.29, 0.717) is 12.5 Å². The number of halogens is 3. The third-order valence-corrected chi connectivity index (χ3v) is 3.40. The fourth-order valence-corrected chi connectivity index (χ4v) is 2.06. The molecule has 5 heteroatoms. The van der Waals surface area contributed by atoms with E-state index < -0.39 is 23.1 Å². The summed E-state index contributed by atoms with van der Waals surface area (Å²) in [4.78, 5) is 11.7. The van der Waals surface area contributed by atoms with Crippen molar-refractivity contribution < 1.29 is 13.6 Å². The normalized spacial score (nSPS) is 10.8. The fraction of sp³-hybridized carbons (Fsp3) is 0.462. The number of benzene rings is 1. The lowest BCUT2D eigenvalue weighted by molar-refractivity contribution is 0.0938. The Labute approximate surface area is 114 Å². The topological polar surface area (TPSA) is 29.1 Å². The van der Waals surface area contributed by atoms with Gasteiger partial charge in [0.05, 0.1) is 0 Å². The predicted molar refractivity (Wildman–Crippen MR) is 70.5 cm³/mol. The molecule has 1 aromatic carbocycles. The maximum atomic E-state index is 13.5. The maximum Gasteiger partial charge on any atom is 0.257 e. The van der Waals surface area contributed by atoms with E-state index >= 15 is 0 Å². The van der Waals surface area contributed by atoms with Gasteiger partial charge in [-0.05, 0) is 18.1 Å². The minimum atomic E-state index is -0.857. The molecule has 1 aromatic rings. The number of carbonyl (C=O) groups excluding carboxylic acids is 1. The van der Waals surface area contributed by atoms with E-state index in [2.05, 4.69) is 21.2 Å². The summed E-state index contributed by atoms with van der Waals surface area (Å²) in [6, 6.07) is 2.16. The molecule has 0 atom stereocenters. The van der Waals surface area contributed by atoms with Crippen molar-refractivity contribution >= 4 is 21.8 Å². The number of hydrogen-bond donors (Lipinski definition) is 1. The van der Waals surface area contributed by atoms with Gasteiger partial charge in [0.2, 0.25) is 0 Å². The lowest BCUT2D eigenvalue weighted by atomic mass is 10.0. The molecule has 0 unspecified atom stereocenters. The zero-order valence-corrected chi connectivity index (χ0v) is 12.0. The molecule has 0 heterocycles. The van der Waals surface area contributed by atoms with Crippen LogP contribution in [0.5, 0.6) is 0 Å². The Kier molecular flexibility index (Phi) is 5.72.